The van der Waals surface area contributed by atoms with Crippen molar-refractivity contribution in [1.29, 1.82) is 0 Å². The Morgan fingerprint density at radius 1 is 1.29 bits per heavy atom. The number of benzene rings is 1. The fraction of sp³-hybridized carbons (Fsp3) is 0. The minimum absolute atomic E-state index is 0.601. The fourth-order valence-corrected chi connectivity index (χ4v) is 3.53. The lowest BCUT2D eigenvalue weighted by Crippen LogP contribution is -1.82. The van der Waals surface area contributed by atoms with Crippen molar-refractivity contribution in [3.8, 4) is 11.3 Å². The molecule has 86 valence electrons. The number of rotatable bonds is 1. The van der Waals surface area contributed by atoms with Gasteiger partial charge in [-0.2, -0.15) is 0 Å². The molecular formula is C11H5BrCl2N2S. The Kier molecular flexibility index (Phi) is 2.91. The molecule has 2 aromatic heterocycles. The largest absolute Gasteiger partial charge is 0.284 e. The second-order valence-corrected chi connectivity index (χ2v) is 5.90. The van der Waals surface area contributed by atoms with Crippen LogP contribution < -0.4 is 0 Å². The van der Waals surface area contributed by atoms with Crippen molar-refractivity contribution < 1.29 is 0 Å². The first-order valence-electron chi connectivity index (χ1n) is 4.73. The van der Waals surface area contributed by atoms with E-state index in [0.29, 0.717) is 10.0 Å². The number of hydrogen-bond donors (Lipinski definition) is 0. The molecule has 2 heterocycles. The first-order valence-corrected chi connectivity index (χ1v) is 7.16. The maximum Gasteiger partial charge on any atom is 0.195 e. The summed E-state index contributed by atoms with van der Waals surface area (Å²) >= 11 is 17.2. The zero-order valence-electron chi connectivity index (χ0n) is 8.32. The first-order chi connectivity index (χ1) is 8.16. The molecule has 0 amide bonds. The summed E-state index contributed by atoms with van der Waals surface area (Å²) in [6.45, 7) is 0. The van der Waals surface area contributed by atoms with E-state index in [-0.39, 0.29) is 0 Å². The maximum atomic E-state index is 6.18. The highest BCUT2D eigenvalue weighted by Gasteiger charge is 2.15. The van der Waals surface area contributed by atoms with E-state index in [9.17, 15) is 0 Å². The van der Waals surface area contributed by atoms with Gasteiger partial charge in [-0.05, 0) is 34.1 Å². The number of halogens is 3. The van der Waals surface area contributed by atoms with Crippen LogP contribution in [0.25, 0.3) is 16.2 Å². The predicted molar refractivity (Wildman–Crippen MR) is 76.2 cm³/mol. The molecule has 0 bridgehead atoms. The van der Waals surface area contributed by atoms with Crippen molar-refractivity contribution in [3.05, 3.63) is 44.4 Å². The predicted octanol–water partition coefficient (Wildman–Crippen LogP) is 5.13. The minimum Gasteiger partial charge on any atom is -0.284 e. The van der Waals surface area contributed by atoms with Crippen LogP contribution >= 0.6 is 50.5 Å². The molecule has 0 radical (unpaired) electrons. The van der Waals surface area contributed by atoms with Crippen LogP contribution in [-0.2, 0) is 0 Å². The van der Waals surface area contributed by atoms with E-state index in [1.807, 2.05) is 28.1 Å². The monoisotopic (exact) mass is 346 g/mol. The molecule has 0 saturated carbocycles. The van der Waals surface area contributed by atoms with Crippen LogP contribution in [0.1, 0.15) is 0 Å². The van der Waals surface area contributed by atoms with E-state index in [4.69, 9.17) is 23.2 Å². The molecule has 0 aliphatic heterocycles. The van der Waals surface area contributed by atoms with E-state index < -0.39 is 0 Å². The lowest BCUT2D eigenvalue weighted by molar-refractivity contribution is 1.19. The summed E-state index contributed by atoms with van der Waals surface area (Å²) in [6, 6.07) is 5.41. The van der Waals surface area contributed by atoms with Crippen LogP contribution in [0.2, 0.25) is 10.0 Å². The van der Waals surface area contributed by atoms with Crippen LogP contribution in [0.4, 0.5) is 0 Å². The number of imidazole rings is 1. The molecule has 3 aromatic rings. The molecule has 0 saturated heterocycles. The Balaban J connectivity index is 2.26. The Morgan fingerprint density at radius 2 is 2.12 bits per heavy atom. The zero-order chi connectivity index (χ0) is 12.0. The van der Waals surface area contributed by atoms with E-state index in [0.717, 1.165) is 20.8 Å². The minimum atomic E-state index is 0.601. The van der Waals surface area contributed by atoms with Gasteiger partial charge in [0, 0.05) is 22.2 Å². The van der Waals surface area contributed by atoms with Gasteiger partial charge in [-0.1, -0.05) is 23.2 Å². The van der Waals surface area contributed by atoms with Crippen molar-refractivity contribution >= 4 is 55.4 Å². The van der Waals surface area contributed by atoms with Crippen molar-refractivity contribution in [2.45, 2.75) is 0 Å². The number of fused-ring (bicyclic) bond motifs is 1. The molecule has 0 spiro atoms. The highest BCUT2D eigenvalue weighted by molar-refractivity contribution is 9.10. The zero-order valence-corrected chi connectivity index (χ0v) is 12.2. The van der Waals surface area contributed by atoms with Gasteiger partial charge < -0.3 is 0 Å². The molecule has 3 rings (SSSR count). The standard InChI is InChI=1S/C11H5BrCl2N2S/c12-10-9(15-11-16(10)3-4-17-11)7-2-1-6(13)5-8(7)14/h1-5H. The molecule has 17 heavy (non-hydrogen) atoms. The Hall–Kier alpha value is -0.550. The van der Waals surface area contributed by atoms with E-state index in [1.165, 1.54) is 0 Å². The van der Waals surface area contributed by atoms with Gasteiger partial charge in [0.15, 0.2) is 4.96 Å². The van der Waals surface area contributed by atoms with Crippen molar-refractivity contribution in [2.24, 2.45) is 0 Å². The average molecular weight is 348 g/mol. The summed E-state index contributed by atoms with van der Waals surface area (Å²) in [4.78, 5) is 5.47. The Labute approximate surface area is 120 Å². The SMILES string of the molecule is Clc1ccc(-c2nc3sccn3c2Br)c(Cl)c1. The van der Waals surface area contributed by atoms with E-state index >= 15 is 0 Å². The molecule has 0 atom stereocenters. The third-order valence-electron chi connectivity index (χ3n) is 2.39. The molecule has 0 fully saturated rings. The molecule has 0 aliphatic rings. The third kappa shape index (κ3) is 1.89. The normalized spacial score (nSPS) is 11.2. The summed E-state index contributed by atoms with van der Waals surface area (Å²) in [7, 11) is 0. The molecule has 0 unspecified atom stereocenters. The summed E-state index contributed by atoms with van der Waals surface area (Å²) in [5.41, 5.74) is 1.71. The highest BCUT2D eigenvalue weighted by Crippen LogP contribution is 2.35. The van der Waals surface area contributed by atoms with Crippen LogP contribution in [0.3, 0.4) is 0 Å². The van der Waals surface area contributed by atoms with Gasteiger partial charge in [-0.25, -0.2) is 4.98 Å². The molecule has 6 heteroatoms. The first kappa shape index (κ1) is 11.5. The third-order valence-corrected chi connectivity index (χ3v) is 4.45. The van der Waals surface area contributed by atoms with Crippen molar-refractivity contribution in [3.63, 3.8) is 0 Å². The molecular weight excluding hydrogens is 343 g/mol. The lowest BCUT2D eigenvalue weighted by atomic mass is 10.2. The topological polar surface area (TPSA) is 17.3 Å². The summed E-state index contributed by atoms with van der Waals surface area (Å²) in [5, 5.41) is 3.21. The van der Waals surface area contributed by atoms with Crippen molar-refractivity contribution in [2.75, 3.05) is 0 Å². The number of hydrogen-bond acceptors (Lipinski definition) is 2. The van der Waals surface area contributed by atoms with Crippen molar-refractivity contribution in [1.82, 2.24) is 9.38 Å². The van der Waals surface area contributed by atoms with Crippen LogP contribution in [-0.4, -0.2) is 9.38 Å². The van der Waals surface area contributed by atoms with Gasteiger partial charge in [0.25, 0.3) is 0 Å². The van der Waals surface area contributed by atoms with Gasteiger partial charge >= 0.3 is 0 Å². The van der Waals surface area contributed by atoms with Gasteiger partial charge in [-0.15, -0.1) is 11.3 Å². The number of nitrogens with zero attached hydrogens (tertiary/aromatic N) is 2. The Morgan fingerprint density at radius 3 is 2.82 bits per heavy atom. The van der Waals surface area contributed by atoms with Gasteiger partial charge in [0.1, 0.15) is 10.3 Å². The van der Waals surface area contributed by atoms with Crippen LogP contribution in [0.15, 0.2) is 34.4 Å². The van der Waals surface area contributed by atoms with Gasteiger partial charge in [0.05, 0.1) is 5.02 Å². The number of aromatic nitrogens is 2. The molecule has 0 N–H and O–H groups in total. The lowest BCUT2D eigenvalue weighted by Gasteiger charge is -2.02. The Bertz CT molecular complexity index is 705. The second-order valence-electron chi connectivity index (χ2n) is 3.43. The van der Waals surface area contributed by atoms with Gasteiger partial charge in [-0.3, -0.25) is 4.40 Å². The molecule has 2 nitrogen and oxygen atoms in total. The number of thiazole rings is 1. The maximum absolute atomic E-state index is 6.18. The van der Waals surface area contributed by atoms with Gasteiger partial charge in [0.2, 0.25) is 0 Å². The van der Waals surface area contributed by atoms with E-state index in [2.05, 4.69) is 20.9 Å². The smallest absolute Gasteiger partial charge is 0.195 e. The molecule has 0 aliphatic carbocycles. The van der Waals surface area contributed by atoms with E-state index in [1.54, 1.807) is 17.4 Å². The summed E-state index contributed by atoms with van der Waals surface area (Å²) in [5.74, 6) is 0. The quantitative estimate of drug-likeness (QED) is 0.596. The van der Waals surface area contributed by atoms with Crippen LogP contribution in [0.5, 0.6) is 0 Å². The fourth-order valence-electron chi connectivity index (χ4n) is 1.61. The average Bonchev–Trinajstić information content (AvgIpc) is 2.83. The summed E-state index contributed by atoms with van der Waals surface area (Å²) < 4.78 is 2.88. The van der Waals surface area contributed by atoms with Crippen LogP contribution in [0, 0.1) is 0 Å². The summed E-state index contributed by atoms with van der Waals surface area (Å²) in [6.07, 6.45) is 1.96. The molecule has 1 aromatic carbocycles. The second kappa shape index (κ2) is 4.28. The highest BCUT2D eigenvalue weighted by atomic mass is 79.9.